The van der Waals surface area contributed by atoms with Gasteiger partial charge in [0.1, 0.15) is 11.5 Å². The minimum Gasteiger partial charge on any atom is -0.482 e. The second kappa shape index (κ2) is 21.3. The molecular weight excluding hydrogens is 738 g/mol. The topological polar surface area (TPSA) is 61.8 Å². The molecule has 7 heteroatoms. The molecule has 0 spiro atoms. The minimum atomic E-state index is -0.421. The van der Waals surface area contributed by atoms with Gasteiger partial charge in [-0.05, 0) is 51.0 Å². The zero-order valence-electron chi connectivity index (χ0n) is 29.2. The summed E-state index contributed by atoms with van der Waals surface area (Å²) in [5.41, 5.74) is 8.62. The van der Waals surface area contributed by atoms with Gasteiger partial charge in [-0.25, -0.2) is 9.59 Å². The summed E-state index contributed by atoms with van der Waals surface area (Å²) in [6.07, 6.45) is 0. The molecule has 0 saturated carbocycles. The molecular formula is C40H42O5Y2-4. The fourth-order valence-corrected chi connectivity index (χ4v) is 4.07. The van der Waals surface area contributed by atoms with Crippen molar-refractivity contribution in [2.24, 2.45) is 0 Å². The third kappa shape index (κ3) is 14.5. The van der Waals surface area contributed by atoms with Crippen LogP contribution in [-0.2, 0) is 75.0 Å². The van der Waals surface area contributed by atoms with Gasteiger partial charge in [-0.2, -0.15) is 36.4 Å². The fourth-order valence-electron chi connectivity index (χ4n) is 4.07. The largest absolute Gasteiger partial charge is 0.482 e. The first kappa shape index (κ1) is 44.3. The van der Waals surface area contributed by atoms with E-state index in [1.807, 2.05) is 91.8 Å². The van der Waals surface area contributed by atoms with E-state index in [1.54, 1.807) is 26.0 Å². The maximum atomic E-state index is 11.7. The molecule has 0 aliphatic rings. The smallest absolute Gasteiger partial charge is 0.338 e. The number of rotatable bonds is 6. The number of carbonyl (C=O) groups excluding carboxylic acids is 2. The van der Waals surface area contributed by atoms with E-state index >= 15 is 0 Å². The Morgan fingerprint density at radius 1 is 0.532 bits per heavy atom. The average molecular weight is 781 g/mol. The van der Waals surface area contributed by atoms with E-state index in [0.29, 0.717) is 28.4 Å². The maximum Gasteiger partial charge on any atom is 0.338 e. The quantitative estimate of drug-likeness (QED) is 0.0845. The van der Waals surface area contributed by atoms with E-state index in [-0.39, 0.29) is 71.4 Å². The van der Waals surface area contributed by atoms with E-state index in [4.69, 9.17) is 14.2 Å². The van der Waals surface area contributed by atoms with Gasteiger partial charge in [0, 0.05) is 88.1 Å². The summed E-state index contributed by atoms with van der Waals surface area (Å²) >= 11 is 0. The van der Waals surface area contributed by atoms with E-state index in [2.05, 4.69) is 37.4 Å². The minimum absolute atomic E-state index is 0. The summed E-state index contributed by atoms with van der Waals surface area (Å²) < 4.78 is 16.6. The summed E-state index contributed by atoms with van der Waals surface area (Å²) in [5.74, 6) is 1.90. The zero-order chi connectivity index (χ0) is 33.8. The van der Waals surface area contributed by atoms with Crippen LogP contribution in [0.15, 0.2) is 72.8 Å². The summed E-state index contributed by atoms with van der Waals surface area (Å²) in [7, 11) is 0. The number of carbonyl (C=O) groups is 2. The molecule has 2 radical (unpaired) electrons. The molecule has 4 aromatic rings. The monoisotopic (exact) mass is 780 g/mol. The Kier molecular flexibility index (Phi) is 20.1. The van der Waals surface area contributed by atoms with Gasteiger partial charge in [-0.3, -0.25) is 23.3 Å². The van der Waals surface area contributed by atoms with Crippen LogP contribution >= 0.6 is 0 Å². The molecule has 0 aliphatic carbocycles. The van der Waals surface area contributed by atoms with Crippen LogP contribution in [0.4, 0.5) is 0 Å². The third-order valence-electron chi connectivity index (χ3n) is 6.37. The van der Waals surface area contributed by atoms with Crippen LogP contribution < -0.4 is 14.2 Å². The van der Waals surface area contributed by atoms with Crippen LogP contribution in [0.2, 0.25) is 0 Å². The molecule has 47 heavy (non-hydrogen) atoms. The van der Waals surface area contributed by atoms with E-state index in [9.17, 15) is 9.59 Å². The number of esters is 2. The Balaban J connectivity index is 0.000000750. The summed E-state index contributed by atoms with van der Waals surface area (Å²) in [5, 5.41) is 0. The molecule has 0 heterocycles. The Morgan fingerprint density at radius 2 is 0.851 bits per heavy atom. The Morgan fingerprint density at radius 3 is 1.17 bits per heavy atom. The van der Waals surface area contributed by atoms with Gasteiger partial charge < -0.3 is 26.3 Å². The van der Waals surface area contributed by atoms with Crippen LogP contribution in [0.25, 0.3) is 0 Å². The predicted molar refractivity (Wildman–Crippen MR) is 180 cm³/mol. The molecule has 5 nitrogen and oxygen atoms in total. The third-order valence-corrected chi connectivity index (χ3v) is 6.37. The standard InChI is InChI=1S/C20H21O3.C12H13O2.C8H8.2Y/c1-12(2)20(21)23-19-15(5)10-17(11-16(19)6)22-18-13(3)8-7-9-14(18)4;1-8(2)12(13)14-11-9(3)6-5-7-10(11)4;1-7-4-3-5-8(2)6-7;;/h8-11H,1H2,2-6H3;6-7H,1H2,2-4H3;4-5H,1-2H3;;/q2*-1;-2;;. The van der Waals surface area contributed by atoms with Crippen molar-refractivity contribution >= 4 is 11.9 Å². The molecule has 0 aromatic heterocycles. The molecule has 242 valence electrons. The van der Waals surface area contributed by atoms with Crippen molar-refractivity contribution in [1.29, 1.82) is 0 Å². The van der Waals surface area contributed by atoms with E-state index in [1.165, 1.54) is 0 Å². The summed E-state index contributed by atoms with van der Waals surface area (Å²) in [6.45, 7) is 25.9. The molecule has 4 aromatic carbocycles. The van der Waals surface area contributed by atoms with Crippen molar-refractivity contribution in [3.8, 4) is 23.0 Å². The van der Waals surface area contributed by atoms with Crippen molar-refractivity contribution in [3.05, 3.63) is 142 Å². The molecule has 0 bridgehead atoms. The Bertz CT molecular complexity index is 1620. The zero-order valence-corrected chi connectivity index (χ0v) is 34.9. The van der Waals surface area contributed by atoms with Gasteiger partial charge >= 0.3 is 11.9 Å². The van der Waals surface area contributed by atoms with Crippen molar-refractivity contribution in [1.82, 2.24) is 0 Å². The maximum absolute atomic E-state index is 11.7. The Labute approximate surface area is 332 Å². The SMILES string of the molecule is C=C(C)C(=O)Oc1c(C)c[c-]cc1C.C=C(C)C(=O)Oc1c(C)cc(Oc2c(C)c[c-]cc2C)cc1C.Cc1[c-]c(C)c[c-]c1.[Y].[Y]. The van der Waals surface area contributed by atoms with Gasteiger partial charge in [0.05, 0.1) is 0 Å². The molecule has 0 N–H and O–H groups in total. The van der Waals surface area contributed by atoms with Crippen molar-refractivity contribution in [2.75, 3.05) is 0 Å². The first-order chi connectivity index (χ1) is 21.1. The molecule has 0 fully saturated rings. The first-order valence-electron chi connectivity index (χ1n) is 14.5. The van der Waals surface area contributed by atoms with Crippen LogP contribution in [0.3, 0.4) is 0 Å². The molecule has 0 saturated heterocycles. The van der Waals surface area contributed by atoms with Crippen LogP contribution in [0, 0.1) is 79.7 Å². The van der Waals surface area contributed by atoms with Gasteiger partial charge in [-0.15, -0.1) is 36.1 Å². The van der Waals surface area contributed by atoms with Crippen molar-refractivity contribution < 1.29 is 89.2 Å². The number of hydrogen-bond acceptors (Lipinski definition) is 5. The summed E-state index contributed by atoms with van der Waals surface area (Å²) in [6, 6.07) is 27.1. The molecule has 0 atom stereocenters. The van der Waals surface area contributed by atoms with Gasteiger partial charge in [0.25, 0.3) is 0 Å². The number of hydrogen-bond donors (Lipinski definition) is 0. The fraction of sp³-hybridized carbons (Fsp3) is 0.250. The first-order valence-corrected chi connectivity index (χ1v) is 14.5. The van der Waals surface area contributed by atoms with Gasteiger partial charge in [0.2, 0.25) is 0 Å². The predicted octanol–water partition coefficient (Wildman–Crippen LogP) is 9.48. The molecule has 0 unspecified atom stereocenters. The molecule has 4 rings (SSSR count). The summed E-state index contributed by atoms with van der Waals surface area (Å²) in [4.78, 5) is 23.0. The number of aryl methyl sites for hydroxylation is 8. The van der Waals surface area contributed by atoms with E-state index < -0.39 is 5.97 Å². The number of ether oxygens (including phenoxy) is 3. The second-order valence-electron chi connectivity index (χ2n) is 11.1. The molecule has 0 aliphatic heterocycles. The van der Waals surface area contributed by atoms with Crippen LogP contribution in [0.5, 0.6) is 23.0 Å². The van der Waals surface area contributed by atoms with Crippen molar-refractivity contribution in [2.45, 2.75) is 69.2 Å². The van der Waals surface area contributed by atoms with Crippen LogP contribution in [0.1, 0.15) is 58.4 Å². The Hall–Kier alpha value is -2.69. The van der Waals surface area contributed by atoms with Crippen LogP contribution in [-0.4, -0.2) is 11.9 Å². The second-order valence-corrected chi connectivity index (χ2v) is 11.1. The van der Waals surface area contributed by atoms with Crippen molar-refractivity contribution in [3.63, 3.8) is 0 Å². The van der Waals surface area contributed by atoms with E-state index in [0.717, 1.165) is 50.3 Å². The van der Waals surface area contributed by atoms with Gasteiger partial charge in [-0.1, -0.05) is 40.9 Å². The molecule has 0 amide bonds. The van der Waals surface area contributed by atoms with Gasteiger partial charge in [0.15, 0.2) is 0 Å². The normalized spacial score (nSPS) is 9.49. The number of benzene rings is 4. The average Bonchev–Trinajstić information content (AvgIpc) is 2.95.